The molecule has 1 rings (SSSR count). The van der Waals surface area contributed by atoms with E-state index in [1.807, 2.05) is 0 Å². The Bertz CT molecular complexity index is 308. The summed E-state index contributed by atoms with van der Waals surface area (Å²) in [6.07, 6.45) is -3.29. The van der Waals surface area contributed by atoms with Crippen LogP contribution in [-0.4, -0.2) is 5.26 Å². The number of hydrogen-bond acceptors (Lipinski definition) is 2. The first-order valence-corrected chi connectivity index (χ1v) is 3.96. The van der Waals surface area contributed by atoms with Crippen LogP contribution in [0.3, 0.4) is 0 Å². The molecule has 0 spiro atoms. The monoisotopic (exact) mass is 220 g/mol. The van der Waals surface area contributed by atoms with Gasteiger partial charge in [-0.2, -0.15) is 13.2 Å². The molecule has 0 aromatic heterocycles. The zero-order valence-electron chi connectivity index (χ0n) is 8.08. The summed E-state index contributed by atoms with van der Waals surface area (Å²) in [6.45, 7) is 4.64. The Labute approximate surface area is 85.5 Å². The van der Waals surface area contributed by atoms with Gasteiger partial charge < -0.3 is 4.89 Å². The molecule has 0 atom stereocenters. The summed E-state index contributed by atoms with van der Waals surface area (Å²) in [6, 6.07) is 5.22. The van der Waals surface area contributed by atoms with Gasteiger partial charge in [0.05, 0.1) is 5.56 Å². The van der Waals surface area contributed by atoms with Gasteiger partial charge in [0, 0.05) is 0 Å². The lowest BCUT2D eigenvalue weighted by atomic mass is 10.1. The number of benzene rings is 1. The largest absolute Gasteiger partial charge is 0.416 e. The van der Waals surface area contributed by atoms with Crippen molar-refractivity contribution in [1.82, 2.24) is 0 Å². The molecule has 5 heteroatoms. The van der Waals surface area contributed by atoms with E-state index < -0.39 is 11.7 Å². The number of hydrogen-bond donors (Lipinski definition) is 1. The molecule has 1 N–H and O–H groups in total. The maximum atomic E-state index is 12.0. The quantitative estimate of drug-likeness (QED) is 0.445. The highest BCUT2D eigenvalue weighted by molar-refractivity contribution is 5.24. The first kappa shape index (κ1) is 13.5. The molecule has 0 amide bonds. The van der Waals surface area contributed by atoms with Gasteiger partial charge in [0.1, 0.15) is 6.26 Å². The average Bonchev–Trinajstić information content (AvgIpc) is 2.17. The molecule has 1 aromatic rings. The van der Waals surface area contributed by atoms with Crippen LogP contribution in [0.25, 0.3) is 0 Å². The maximum absolute atomic E-state index is 12.0. The predicted molar refractivity (Wildman–Crippen MR) is 50.1 cm³/mol. The summed E-state index contributed by atoms with van der Waals surface area (Å²) in [4.78, 5) is 3.31. The molecule has 2 nitrogen and oxygen atoms in total. The fourth-order valence-corrected chi connectivity index (χ4v) is 0.821. The van der Waals surface area contributed by atoms with Gasteiger partial charge in [-0.15, -0.1) is 0 Å². The second-order valence-electron chi connectivity index (χ2n) is 2.64. The second kappa shape index (κ2) is 6.08. The lowest BCUT2D eigenvalue weighted by Gasteiger charge is -2.05. The van der Waals surface area contributed by atoms with Gasteiger partial charge in [0.2, 0.25) is 0 Å². The minimum Gasteiger partial charge on any atom is -0.349 e. The van der Waals surface area contributed by atoms with Crippen molar-refractivity contribution < 1.29 is 23.3 Å². The molecule has 0 radical (unpaired) electrons. The smallest absolute Gasteiger partial charge is 0.349 e. The molecule has 0 fully saturated rings. The molecular weight excluding hydrogens is 209 g/mol. The molecule has 0 aliphatic rings. The van der Waals surface area contributed by atoms with E-state index in [1.165, 1.54) is 6.07 Å². The summed E-state index contributed by atoms with van der Waals surface area (Å²) in [5.41, 5.74) is 0.0392. The van der Waals surface area contributed by atoms with Crippen molar-refractivity contribution in [3.05, 3.63) is 48.2 Å². The van der Waals surface area contributed by atoms with E-state index in [0.717, 1.165) is 18.4 Å². The number of halogens is 3. The highest BCUT2D eigenvalue weighted by atomic mass is 19.4. The van der Waals surface area contributed by atoms with Crippen LogP contribution in [0, 0.1) is 6.92 Å². The Morgan fingerprint density at radius 3 is 2.20 bits per heavy atom. The fourth-order valence-electron chi connectivity index (χ4n) is 0.821. The van der Waals surface area contributed by atoms with Crippen LogP contribution in [0.1, 0.15) is 11.1 Å². The minimum absolute atomic E-state index is 0.586. The lowest BCUT2D eigenvalue weighted by Crippen LogP contribution is -2.04. The van der Waals surface area contributed by atoms with Gasteiger partial charge in [-0.25, -0.2) is 5.26 Å². The Kier molecular flexibility index (Phi) is 5.48. The molecule has 0 aliphatic heterocycles. The third-order valence-electron chi connectivity index (χ3n) is 1.42. The Morgan fingerprint density at radius 2 is 1.93 bits per heavy atom. The van der Waals surface area contributed by atoms with Crippen molar-refractivity contribution in [2.75, 3.05) is 0 Å². The predicted octanol–water partition coefficient (Wildman–Crippen LogP) is 3.63. The molecular formula is C10H11F3O2. The van der Waals surface area contributed by atoms with Crippen molar-refractivity contribution >= 4 is 0 Å². The van der Waals surface area contributed by atoms with Crippen molar-refractivity contribution in [3.8, 4) is 0 Å². The summed E-state index contributed by atoms with van der Waals surface area (Å²) < 4.78 is 35.9. The van der Waals surface area contributed by atoms with E-state index in [1.54, 1.807) is 13.0 Å². The molecule has 0 aliphatic carbocycles. The van der Waals surface area contributed by atoms with Crippen LogP contribution >= 0.6 is 0 Å². The first-order chi connectivity index (χ1) is 6.91. The molecule has 0 saturated heterocycles. The maximum Gasteiger partial charge on any atom is 0.416 e. The summed E-state index contributed by atoms with van der Waals surface area (Å²) >= 11 is 0. The zero-order chi connectivity index (χ0) is 11.9. The van der Waals surface area contributed by atoms with Gasteiger partial charge in [-0.1, -0.05) is 30.3 Å². The third kappa shape index (κ3) is 5.74. The summed E-state index contributed by atoms with van der Waals surface area (Å²) in [5, 5.41) is 7.26. The van der Waals surface area contributed by atoms with Crippen molar-refractivity contribution in [2.24, 2.45) is 0 Å². The number of alkyl halides is 3. The van der Waals surface area contributed by atoms with Crippen LogP contribution < -0.4 is 0 Å². The topological polar surface area (TPSA) is 29.5 Å². The standard InChI is InChI=1S/C8H7F3.C2H4O2/c1-6-3-2-4-7(5-6)8(9,10)11;1-2-4-3/h2-5H,1H3;2-3H,1H2. The lowest BCUT2D eigenvalue weighted by molar-refractivity contribution is -0.186. The Morgan fingerprint density at radius 1 is 1.40 bits per heavy atom. The van der Waals surface area contributed by atoms with Crippen LogP contribution in [-0.2, 0) is 11.1 Å². The van der Waals surface area contributed by atoms with Crippen LogP contribution in [0.5, 0.6) is 0 Å². The average molecular weight is 220 g/mol. The highest BCUT2D eigenvalue weighted by Gasteiger charge is 2.29. The number of rotatable bonds is 1. The zero-order valence-corrected chi connectivity index (χ0v) is 8.08. The summed E-state index contributed by atoms with van der Waals surface area (Å²) in [7, 11) is 0. The molecule has 1 aromatic carbocycles. The molecule has 0 unspecified atom stereocenters. The summed E-state index contributed by atoms with van der Waals surface area (Å²) in [5.74, 6) is 0. The fraction of sp³-hybridized carbons (Fsp3) is 0.200. The molecule has 0 heterocycles. The minimum atomic E-state index is -4.22. The third-order valence-corrected chi connectivity index (χ3v) is 1.42. The van der Waals surface area contributed by atoms with Gasteiger partial charge in [-0.3, -0.25) is 0 Å². The Balaban J connectivity index is 0.000000423. The van der Waals surface area contributed by atoms with Crippen LogP contribution in [0.2, 0.25) is 0 Å². The number of aryl methyl sites for hydroxylation is 1. The molecule has 0 bridgehead atoms. The first-order valence-electron chi connectivity index (χ1n) is 3.96. The van der Waals surface area contributed by atoms with Gasteiger partial charge in [0.15, 0.2) is 0 Å². The molecule has 0 saturated carbocycles. The van der Waals surface area contributed by atoms with E-state index >= 15 is 0 Å². The van der Waals surface area contributed by atoms with Gasteiger partial charge in [0.25, 0.3) is 0 Å². The van der Waals surface area contributed by atoms with Gasteiger partial charge >= 0.3 is 6.18 Å². The normalized spacial score (nSPS) is 9.93. The van der Waals surface area contributed by atoms with Gasteiger partial charge in [-0.05, 0) is 13.0 Å². The van der Waals surface area contributed by atoms with Crippen molar-refractivity contribution in [1.29, 1.82) is 0 Å². The Hall–Kier alpha value is -1.49. The van der Waals surface area contributed by atoms with Crippen LogP contribution in [0.4, 0.5) is 13.2 Å². The second-order valence-corrected chi connectivity index (χ2v) is 2.64. The van der Waals surface area contributed by atoms with Crippen LogP contribution in [0.15, 0.2) is 37.1 Å². The van der Waals surface area contributed by atoms with E-state index in [2.05, 4.69) is 11.5 Å². The van der Waals surface area contributed by atoms with E-state index in [9.17, 15) is 13.2 Å². The highest BCUT2D eigenvalue weighted by Crippen LogP contribution is 2.29. The van der Waals surface area contributed by atoms with Crippen molar-refractivity contribution in [2.45, 2.75) is 13.1 Å². The van der Waals surface area contributed by atoms with E-state index in [4.69, 9.17) is 5.26 Å². The molecule has 15 heavy (non-hydrogen) atoms. The van der Waals surface area contributed by atoms with E-state index in [-0.39, 0.29) is 0 Å². The van der Waals surface area contributed by atoms with E-state index in [0.29, 0.717) is 5.56 Å². The molecule has 84 valence electrons. The SMILES string of the molecule is C=COO.Cc1cccc(C(F)(F)F)c1. The van der Waals surface area contributed by atoms with Crippen molar-refractivity contribution in [3.63, 3.8) is 0 Å².